The largest absolute Gasteiger partial charge is 0.305 e. The molecule has 0 aliphatic heterocycles. The molecule has 6 heteroatoms. The number of halogens is 1. The van der Waals surface area contributed by atoms with Crippen LogP contribution in [-0.2, 0) is 12.8 Å². The van der Waals surface area contributed by atoms with Crippen LogP contribution in [0, 0.1) is 6.92 Å². The Bertz CT molecular complexity index is 764. The fraction of sp³-hybridized carbons (Fsp3) is 0.200. The van der Waals surface area contributed by atoms with E-state index in [4.69, 9.17) is 11.6 Å². The van der Waals surface area contributed by atoms with Crippen LogP contribution >= 0.6 is 34.7 Å². The van der Waals surface area contributed by atoms with E-state index in [1.54, 1.807) is 23.1 Å². The van der Waals surface area contributed by atoms with Crippen molar-refractivity contribution in [1.29, 1.82) is 0 Å². The van der Waals surface area contributed by atoms with E-state index in [1.807, 2.05) is 29.8 Å². The standard InChI is InChI=1S/C15H14ClN3S2/c1-10-6-12(9-20-10)14-17-18-15(19(14)2)21-8-11-4-3-5-13(16)7-11/h3-7,9H,8H2,1-2H3. The molecule has 3 rings (SSSR count). The summed E-state index contributed by atoms with van der Waals surface area (Å²) in [6.45, 7) is 2.10. The van der Waals surface area contributed by atoms with Crippen molar-refractivity contribution in [2.45, 2.75) is 17.8 Å². The van der Waals surface area contributed by atoms with Gasteiger partial charge in [0.05, 0.1) is 0 Å². The molecule has 21 heavy (non-hydrogen) atoms. The number of aromatic nitrogens is 3. The van der Waals surface area contributed by atoms with Crippen LogP contribution in [0.1, 0.15) is 10.4 Å². The Balaban J connectivity index is 1.77. The Labute approximate surface area is 137 Å². The van der Waals surface area contributed by atoms with Gasteiger partial charge in [-0.2, -0.15) is 0 Å². The first-order valence-electron chi connectivity index (χ1n) is 6.45. The molecule has 0 saturated carbocycles. The highest BCUT2D eigenvalue weighted by molar-refractivity contribution is 7.98. The van der Waals surface area contributed by atoms with Crippen LogP contribution in [0.15, 0.2) is 40.9 Å². The van der Waals surface area contributed by atoms with Crippen molar-refractivity contribution in [3.05, 3.63) is 51.2 Å². The highest BCUT2D eigenvalue weighted by Gasteiger charge is 2.12. The fourth-order valence-electron chi connectivity index (χ4n) is 2.03. The molecule has 3 nitrogen and oxygen atoms in total. The predicted molar refractivity (Wildman–Crippen MR) is 90.1 cm³/mol. The Morgan fingerprint density at radius 3 is 2.86 bits per heavy atom. The zero-order chi connectivity index (χ0) is 14.8. The van der Waals surface area contributed by atoms with E-state index in [1.165, 1.54) is 10.4 Å². The van der Waals surface area contributed by atoms with Crippen molar-refractivity contribution >= 4 is 34.7 Å². The summed E-state index contributed by atoms with van der Waals surface area (Å²) >= 11 is 9.39. The highest BCUT2D eigenvalue weighted by atomic mass is 35.5. The van der Waals surface area contributed by atoms with Gasteiger partial charge in [0.1, 0.15) is 0 Å². The fourth-order valence-corrected chi connectivity index (χ4v) is 3.78. The number of thioether (sulfide) groups is 1. The van der Waals surface area contributed by atoms with Gasteiger partial charge in [-0.25, -0.2) is 0 Å². The number of nitrogens with zero attached hydrogens (tertiary/aromatic N) is 3. The summed E-state index contributed by atoms with van der Waals surface area (Å²) in [7, 11) is 2.00. The molecule has 0 spiro atoms. The molecule has 0 bridgehead atoms. The zero-order valence-electron chi connectivity index (χ0n) is 11.7. The number of aryl methyl sites for hydroxylation is 1. The number of benzene rings is 1. The van der Waals surface area contributed by atoms with E-state index in [0.717, 1.165) is 27.3 Å². The molecule has 0 N–H and O–H groups in total. The molecule has 0 fully saturated rings. The van der Waals surface area contributed by atoms with Gasteiger partial charge < -0.3 is 4.57 Å². The summed E-state index contributed by atoms with van der Waals surface area (Å²) in [4.78, 5) is 1.28. The lowest BCUT2D eigenvalue weighted by atomic mass is 10.2. The molecule has 0 radical (unpaired) electrons. The molecule has 2 aromatic heterocycles. The predicted octanol–water partition coefficient (Wildman–Crippen LogP) is 4.80. The van der Waals surface area contributed by atoms with Crippen molar-refractivity contribution in [3.8, 4) is 11.4 Å². The zero-order valence-corrected chi connectivity index (χ0v) is 14.1. The van der Waals surface area contributed by atoms with E-state index in [-0.39, 0.29) is 0 Å². The SMILES string of the molecule is Cc1cc(-c2nnc(SCc3cccc(Cl)c3)n2C)cs1. The molecule has 3 aromatic rings. The number of hydrogen-bond donors (Lipinski definition) is 0. The lowest BCUT2D eigenvalue weighted by Gasteiger charge is -2.03. The second-order valence-electron chi connectivity index (χ2n) is 4.73. The first-order chi connectivity index (χ1) is 10.1. The van der Waals surface area contributed by atoms with Crippen LogP contribution in [0.5, 0.6) is 0 Å². The lowest BCUT2D eigenvalue weighted by molar-refractivity contribution is 0.794. The lowest BCUT2D eigenvalue weighted by Crippen LogP contribution is -1.94. The summed E-state index contributed by atoms with van der Waals surface area (Å²) in [6, 6.07) is 10.0. The molecule has 0 saturated heterocycles. The van der Waals surface area contributed by atoms with Crippen molar-refractivity contribution in [2.24, 2.45) is 7.05 Å². The minimum Gasteiger partial charge on any atom is -0.305 e. The number of thiophene rings is 1. The van der Waals surface area contributed by atoms with Crippen LogP contribution in [0.2, 0.25) is 5.02 Å². The van der Waals surface area contributed by atoms with Gasteiger partial charge in [0.25, 0.3) is 0 Å². The van der Waals surface area contributed by atoms with Crippen LogP contribution < -0.4 is 0 Å². The molecule has 0 unspecified atom stereocenters. The monoisotopic (exact) mass is 335 g/mol. The second kappa shape index (κ2) is 6.22. The van der Waals surface area contributed by atoms with Gasteiger partial charge in [-0.1, -0.05) is 35.5 Å². The van der Waals surface area contributed by atoms with Gasteiger partial charge in [0, 0.05) is 33.6 Å². The third-order valence-corrected chi connectivity index (χ3v) is 5.27. The van der Waals surface area contributed by atoms with Crippen molar-refractivity contribution in [3.63, 3.8) is 0 Å². The highest BCUT2D eigenvalue weighted by Crippen LogP contribution is 2.28. The maximum absolute atomic E-state index is 6.00. The number of rotatable bonds is 4. The Morgan fingerprint density at radius 1 is 1.29 bits per heavy atom. The maximum atomic E-state index is 6.00. The summed E-state index contributed by atoms with van der Waals surface area (Å²) in [5.74, 6) is 1.74. The molecule has 1 aromatic carbocycles. The topological polar surface area (TPSA) is 30.7 Å². The van der Waals surface area contributed by atoms with Crippen molar-refractivity contribution < 1.29 is 0 Å². The third kappa shape index (κ3) is 3.31. The number of hydrogen-bond acceptors (Lipinski definition) is 4. The van der Waals surface area contributed by atoms with Gasteiger partial charge >= 0.3 is 0 Å². The van der Waals surface area contributed by atoms with Gasteiger partial charge in [0.2, 0.25) is 0 Å². The van der Waals surface area contributed by atoms with E-state index >= 15 is 0 Å². The first-order valence-corrected chi connectivity index (χ1v) is 8.70. The molecule has 2 heterocycles. The van der Waals surface area contributed by atoms with Crippen LogP contribution in [0.25, 0.3) is 11.4 Å². The van der Waals surface area contributed by atoms with Crippen LogP contribution in [0.4, 0.5) is 0 Å². The summed E-state index contributed by atoms with van der Waals surface area (Å²) in [6.07, 6.45) is 0. The molecule has 0 aliphatic rings. The summed E-state index contributed by atoms with van der Waals surface area (Å²) in [5.41, 5.74) is 2.31. The third-order valence-electron chi connectivity index (χ3n) is 3.08. The van der Waals surface area contributed by atoms with Crippen molar-refractivity contribution in [2.75, 3.05) is 0 Å². The minimum atomic E-state index is 0.764. The van der Waals surface area contributed by atoms with E-state index in [2.05, 4.69) is 34.6 Å². The molecular weight excluding hydrogens is 322 g/mol. The molecule has 0 aliphatic carbocycles. The molecule has 0 atom stereocenters. The Morgan fingerprint density at radius 2 is 2.14 bits per heavy atom. The molecule has 0 amide bonds. The molecule has 108 valence electrons. The van der Waals surface area contributed by atoms with Gasteiger partial charge in [-0.3, -0.25) is 0 Å². The average molecular weight is 336 g/mol. The summed E-state index contributed by atoms with van der Waals surface area (Å²) < 4.78 is 2.04. The average Bonchev–Trinajstić information content (AvgIpc) is 3.03. The van der Waals surface area contributed by atoms with Gasteiger partial charge in [0.15, 0.2) is 11.0 Å². The van der Waals surface area contributed by atoms with Crippen molar-refractivity contribution in [1.82, 2.24) is 14.8 Å². The van der Waals surface area contributed by atoms with Gasteiger partial charge in [-0.05, 0) is 30.7 Å². The Kier molecular flexibility index (Phi) is 4.33. The first kappa shape index (κ1) is 14.6. The van der Waals surface area contributed by atoms with E-state index in [9.17, 15) is 0 Å². The van der Waals surface area contributed by atoms with Gasteiger partial charge in [-0.15, -0.1) is 21.5 Å². The van der Waals surface area contributed by atoms with Crippen LogP contribution in [-0.4, -0.2) is 14.8 Å². The second-order valence-corrected chi connectivity index (χ2v) is 7.22. The maximum Gasteiger partial charge on any atom is 0.191 e. The minimum absolute atomic E-state index is 0.764. The quantitative estimate of drug-likeness (QED) is 0.642. The smallest absolute Gasteiger partial charge is 0.191 e. The Hall–Kier alpha value is -1.30. The van der Waals surface area contributed by atoms with E-state index in [0.29, 0.717) is 0 Å². The van der Waals surface area contributed by atoms with E-state index < -0.39 is 0 Å². The van der Waals surface area contributed by atoms with Crippen LogP contribution in [0.3, 0.4) is 0 Å². The summed E-state index contributed by atoms with van der Waals surface area (Å²) in [5, 5.41) is 12.4. The molecular formula is C15H14ClN3S2. The normalized spacial score (nSPS) is 11.0.